The maximum absolute atomic E-state index is 3.55. The van der Waals surface area contributed by atoms with Gasteiger partial charge in [-0.1, -0.05) is 42.5 Å². The summed E-state index contributed by atoms with van der Waals surface area (Å²) in [6.07, 6.45) is 0. The topological polar surface area (TPSA) is 15.3 Å². The van der Waals surface area contributed by atoms with Crippen LogP contribution in [-0.4, -0.2) is 14.1 Å². The quantitative estimate of drug-likeness (QED) is 0.877. The minimum absolute atomic E-state index is 0.370. The summed E-state index contributed by atoms with van der Waals surface area (Å²) >= 11 is 0. The van der Waals surface area contributed by atoms with Crippen LogP contribution < -0.4 is 10.2 Å². The Morgan fingerprint density at radius 1 is 0.947 bits per heavy atom. The molecule has 0 saturated heterocycles. The fourth-order valence-corrected chi connectivity index (χ4v) is 2.04. The van der Waals surface area contributed by atoms with Gasteiger partial charge >= 0.3 is 0 Å². The molecule has 0 aliphatic rings. The van der Waals surface area contributed by atoms with Crippen molar-refractivity contribution in [3.63, 3.8) is 0 Å². The molecular weight excluding hydrogens is 232 g/mol. The molecule has 2 rings (SSSR count). The fraction of sp³-hybridized carbons (Fsp3) is 0.294. The number of hydrogen-bond acceptors (Lipinski definition) is 2. The molecule has 2 heteroatoms. The zero-order valence-corrected chi connectivity index (χ0v) is 11.9. The van der Waals surface area contributed by atoms with E-state index in [-0.39, 0.29) is 0 Å². The van der Waals surface area contributed by atoms with Crippen molar-refractivity contribution < 1.29 is 0 Å². The van der Waals surface area contributed by atoms with E-state index >= 15 is 0 Å². The Labute approximate surface area is 116 Å². The predicted molar refractivity (Wildman–Crippen MR) is 82.5 cm³/mol. The lowest BCUT2D eigenvalue weighted by atomic mass is 10.1. The first-order valence-electron chi connectivity index (χ1n) is 6.71. The summed E-state index contributed by atoms with van der Waals surface area (Å²) in [5.41, 5.74) is 3.88. The van der Waals surface area contributed by atoms with Crippen molar-refractivity contribution in [3.05, 3.63) is 65.7 Å². The third-order valence-corrected chi connectivity index (χ3v) is 3.36. The first-order valence-corrected chi connectivity index (χ1v) is 6.71. The molecule has 0 aliphatic carbocycles. The van der Waals surface area contributed by atoms with Gasteiger partial charge in [0.1, 0.15) is 0 Å². The average Bonchev–Trinajstić information content (AvgIpc) is 2.46. The minimum Gasteiger partial charge on any atom is -0.378 e. The van der Waals surface area contributed by atoms with Crippen LogP contribution in [0, 0.1) is 0 Å². The van der Waals surface area contributed by atoms with Crippen LogP contribution in [0.2, 0.25) is 0 Å². The largest absolute Gasteiger partial charge is 0.378 e. The molecule has 0 unspecified atom stereocenters. The van der Waals surface area contributed by atoms with Crippen molar-refractivity contribution in [2.75, 3.05) is 19.0 Å². The van der Waals surface area contributed by atoms with E-state index < -0.39 is 0 Å². The number of benzene rings is 2. The van der Waals surface area contributed by atoms with E-state index in [1.165, 1.54) is 16.8 Å². The number of nitrogens with zero attached hydrogens (tertiary/aromatic N) is 1. The lowest BCUT2D eigenvalue weighted by Crippen LogP contribution is -2.18. The molecule has 1 N–H and O–H groups in total. The standard InChI is InChI=1S/C17H22N2/c1-14(16-7-5-4-6-8-16)18-13-15-9-11-17(12-10-15)19(2)3/h4-12,14,18H,13H2,1-3H3/t14-/m0/s1. The summed E-state index contributed by atoms with van der Waals surface area (Å²) in [4.78, 5) is 2.11. The first-order chi connectivity index (χ1) is 9.16. The number of nitrogens with one attached hydrogen (secondary N) is 1. The van der Waals surface area contributed by atoms with Crippen molar-refractivity contribution in [3.8, 4) is 0 Å². The molecule has 0 bridgehead atoms. The summed E-state index contributed by atoms with van der Waals surface area (Å²) in [6, 6.07) is 19.6. The smallest absolute Gasteiger partial charge is 0.0361 e. The van der Waals surface area contributed by atoms with Crippen molar-refractivity contribution in [1.82, 2.24) is 5.32 Å². The highest BCUT2D eigenvalue weighted by molar-refractivity contribution is 5.45. The normalized spacial score (nSPS) is 12.2. The zero-order valence-electron chi connectivity index (χ0n) is 11.9. The highest BCUT2D eigenvalue weighted by Gasteiger charge is 2.03. The monoisotopic (exact) mass is 254 g/mol. The molecule has 0 amide bonds. The van der Waals surface area contributed by atoms with Crippen LogP contribution in [0.1, 0.15) is 24.1 Å². The summed E-state index contributed by atoms with van der Waals surface area (Å²) in [5.74, 6) is 0. The maximum Gasteiger partial charge on any atom is 0.0361 e. The predicted octanol–water partition coefficient (Wildman–Crippen LogP) is 3.60. The first kappa shape index (κ1) is 13.6. The summed E-state index contributed by atoms with van der Waals surface area (Å²) in [6.45, 7) is 3.09. The maximum atomic E-state index is 3.55. The average molecular weight is 254 g/mol. The number of hydrogen-bond donors (Lipinski definition) is 1. The SMILES string of the molecule is C[C@H](NCc1ccc(N(C)C)cc1)c1ccccc1. The third-order valence-electron chi connectivity index (χ3n) is 3.36. The molecular formula is C17H22N2. The van der Waals surface area contributed by atoms with E-state index in [4.69, 9.17) is 0 Å². The van der Waals surface area contributed by atoms with E-state index in [1.807, 2.05) is 0 Å². The summed E-state index contributed by atoms with van der Waals surface area (Å²) in [5, 5.41) is 3.55. The van der Waals surface area contributed by atoms with Gasteiger partial charge in [0, 0.05) is 32.4 Å². The summed E-state index contributed by atoms with van der Waals surface area (Å²) in [7, 11) is 4.12. The van der Waals surface area contributed by atoms with Crippen LogP contribution in [-0.2, 0) is 6.54 Å². The van der Waals surface area contributed by atoms with Gasteiger partial charge in [-0.25, -0.2) is 0 Å². The van der Waals surface area contributed by atoms with Gasteiger partial charge < -0.3 is 10.2 Å². The van der Waals surface area contributed by atoms with Gasteiger partial charge in [0.2, 0.25) is 0 Å². The van der Waals surface area contributed by atoms with Crippen LogP contribution >= 0.6 is 0 Å². The van der Waals surface area contributed by atoms with Crippen molar-refractivity contribution in [2.45, 2.75) is 19.5 Å². The molecule has 2 aromatic carbocycles. The Bertz CT molecular complexity index is 488. The van der Waals surface area contributed by atoms with Crippen molar-refractivity contribution in [1.29, 1.82) is 0 Å². The molecule has 0 fully saturated rings. The lowest BCUT2D eigenvalue weighted by molar-refractivity contribution is 0.575. The Morgan fingerprint density at radius 3 is 2.16 bits per heavy atom. The van der Waals surface area contributed by atoms with E-state index in [9.17, 15) is 0 Å². The number of anilines is 1. The van der Waals surface area contributed by atoms with Gasteiger partial charge in [0.25, 0.3) is 0 Å². The van der Waals surface area contributed by atoms with Crippen LogP contribution in [0.4, 0.5) is 5.69 Å². The second-order valence-corrected chi connectivity index (χ2v) is 5.07. The van der Waals surface area contributed by atoms with E-state index in [1.54, 1.807) is 0 Å². The minimum atomic E-state index is 0.370. The molecule has 19 heavy (non-hydrogen) atoms. The van der Waals surface area contributed by atoms with Crippen molar-refractivity contribution in [2.24, 2.45) is 0 Å². The molecule has 0 heterocycles. The van der Waals surface area contributed by atoms with Crippen LogP contribution in [0.3, 0.4) is 0 Å². The Kier molecular flexibility index (Phi) is 4.58. The van der Waals surface area contributed by atoms with Gasteiger partial charge in [0.15, 0.2) is 0 Å². The highest BCUT2D eigenvalue weighted by atomic mass is 15.1. The fourth-order valence-electron chi connectivity index (χ4n) is 2.04. The van der Waals surface area contributed by atoms with E-state index in [0.29, 0.717) is 6.04 Å². The van der Waals surface area contributed by atoms with Crippen LogP contribution in [0.25, 0.3) is 0 Å². The molecule has 0 aromatic heterocycles. The van der Waals surface area contributed by atoms with Crippen LogP contribution in [0.15, 0.2) is 54.6 Å². The Hall–Kier alpha value is -1.80. The van der Waals surface area contributed by atoms with E-state index in [2.05, 4.69) is 85.8 Å². The van der Waals surface area contributed by atoms with Gasteiger partial charge in [-0.15, -0.1) is 0 Å². The molecule has 0 aliphatic heterocycles. The molecule has 1 atom stereocenters. The molecule has 0 spiro atoms. The second-order valence-electron chi connectivity index (χ2n) is 5.07. The van der Waals surface area contributed by atoms with Gasteiger partial charge in [-0.05, 0) is 30.2 Å². The molecule has 2 nitrogen and oxygen atoms in total. The molecule has 0 saturated carbocycles. The highest BCUT2D eigenvalue weighted by Crippen LogP contribution is 2.15. The third kappa shape index (κ3) is 3.83. The Morgan fingerprint density at radius 2 is 1.58 bits per heavy atom. The lowest BCUT2D eigenvalue weighted by Gasteiger charge is -2.16. The van der Waals surface area contributed by atoms with E-state index in [0.717, 1.165) is 6.54 Å². The van der Waals surface area contributed by atoms with Gasteiger partial charge in [-0.3, -0.25) is 0 Å². The van der Waals surface area contributed by atoms with Crippen LogP contribution in [0.5, 0.6) is 0 Å². The van der Waals surface area contributed by atoms with Gasteiger partial charge in [-0.2, -0.15) is 0 Å². The second kappa shape index (κ2) is 6.39. The molecule has 0 radical (unpaired) electrons. The number of rotatable bonds is 5. The summed E-state index contributed by atoms with van der Waals surface area (Å²) < 4.78 is 0. The molecule has 2 aromatic rings. The van der Waals surface area contributed by atoms with Crippen molar-refractivity contribution >= 4 is 5.69 Å². The molecule has 100 valence electrons. The van der Waals surface area contributed by atoms with Gasteiger partial charge in [0.05, 0.1) is 0 Å². The zero-order chi connectivity index (χ0) is 13.7. The Balaban J connectivity index is 1.92.